The normalized spacial score (nSPS) is 15.0. The standard InChI is InChI=1S/C25H36N2O2.2ClH/c1-4-28-25-18-22(11-13-24(25)29-19-21-8-6-5-7-9-21)23(12-10-20(2)3)27-16-14-26-15-17-27;;/h5-9,11,13,18,20,23,26H,4,10,12,14-17,19H2,1-3H3;2*1H/t23-;;/m1../s1. The van der Waals surface area contributed by atoms with Gasteiger partial charge >= 0.3 is 0 Å². The van der Waals surface area contributed by atoms with Crippen LogP contribution in [-0.4, -0.2) is 37.7 Å². The molecule has 0 amide bonds. The van der Waals surface area contributed by atoms with Gasteiger partial charge in [0.1, 0.15) is 6.61 Å². The zero-order chi connectivity index (χ0) is 20.5. The average Bonchev–Trinajstić information content (AvgIpc) is 2.75. The Kier molecular flexibility index (Phi) is 13.0. The lowest BCUT2D eigenvalue weighted by Gasteiger charge is -2.36. The highest BCUT2D eigenvalue weighted by molar-refractivity contribution is 5.85. The van der Waals surface area contributed by atoms with Crippen LogP contribution in [0.25, 0.3) is 0 Å². The minimum absolute atomic E-state index is 0. The predicted octanol–water partition coefficient (Wildman–Crippen LogP) is 5.89. The van der Waals surface area contributed by atoms with E-state index in [1.54, 1.807) is 0 Å². The topological polar surface area (TPSA) is 33.7 Å². The fourth-order valence-electron chi connectivity index (χ4n) is 3.90. The van der Waals surface area contributed by atoms with Crippen molar-refractivity contribution in [3.63, 3.8) is 0 Å². The van der Waals surface area contributed by atoms with Gasteiger partial charge in [-0.1, -0.05) is 50.2 Å². The summed E-state index contributed by atoms with van der Waals surface area (Å²) in [5.74, 6) is 2.38. The highest BCUT2D eigenvalue weighted by atomic mass is 35.5. The second-order valence-corrected chi connectivity index (χ2v) is 8.19. The number of hydrogen-bond acceptors (Lipinski definition) is 4. The van der Waals surface area contributed by atoms with Crippen LogP contribution in [0.1, 0.15) is 50.8 Å². The van der Waals surface area contributed by atoms with E-state index in [-0.39, 0.29) is 24.8 Å². The third-order valence-corrected chi connectivity index (χ3v) is 5.50. The van der Waals surface area contributed by atoms with Gasteiger partial charge in [0.2, 0.25) is 0 Å². The molecule has 0 radical (unpaired) electrons. The first kappa shape index (κ1) is 27.6. The lowest BCUT2D eigenvalue weighted by atomic mass is 9.95. The Morgan fingerprint density at radius 1 is 0.903 bits per heavy atom. The van der Waals surface area contributed by atoms with E-state index in [1.807, 2.05) is 25.1 Å². The van der Waals surface area contributed by atoms with E-state index in [2.05, 4.69) is 54.4 Å². The van der Waals surface area contributed by atoms with Crippen molar-refractivity contribution in [2.45, 2.75) is 46.3 Å². The summed E-state index contributed by atoms with van der Waals surface area (Å²) in [5, 5.41) is 3.47. The van der Waals surface area contributed by atoms with Gasteiger partial charge in [-0.2, -0.15) is 0 Å². The third kappa shape index (κ3) is 8.53. The van der Waals surface area contributed by atoms with Crippen LogP contribution in [0.3, 0.4) is 0 Å². The predicted molar refractivity (Wildman–Crippen MR) is 134 cm³/mol. The zero-order valence-electron chi connectivity index (χ0n) is 19.0. The fraction of sp³-hybridized carbons (Fsp3) is 0.520. The number of rotatable bonds is 10. The number of nitrogens with one attached hydrogen (secondary N) is 1. The smallest absolute Gasteiger partial charge is 0.161 e. The van der Waals surface area contributed by atoms with Gasteiger partial charge in [0.15, 0.2) is 11.5 Å². The van der Waals surface area contributed by atoms with Gasteiger partial charge in [0.25, 0.3) is 0 Å². The van der Waals surface area contributed by atoms with Gasteiger partial charge in [-0.05, 0) is 48.9 Å². The van der Waals surface area contributed by atoms with E-state index in [0.29, 0.717) is 25.2 Å². The van der Waals surface area contributed by atoms with Crippen molar-refractivity contribution in [2.24, 2.45) is 5.92 Å². The summed E-state index contributed by atoms with van der Waals surface area (Å²) < 4.78 is 12.1. The van der Waals surface area contributed by atoms with Crippen LogP contribution >= 0.6 is 24.8 Å². The van der Waals surface area contributed by atoms with E-state index < -0.39 is 0 Å². The number of hydrogen-bond donors (Lipinski definition) is 1. The molecule has 4 nitrogen and oxygen atoms in total. The Labute approximate surface area is 200 Å². The first-order valence-corrected chi connectivity index (χ1v) is 11.1. The maximum atomic E-state index is 6.11. The summed E-state index contributed by atoms with van der Waals surface area (Å²) in [4.78, 5) is 2.62. The molecule has 3 rings (SSSR count). The SMILES string of the molecule is CCOc1cc([C@@H](CCC(C)C)N2CCNCC2)ccc1OCc1ccccc1.Cl.Cl. The summed E-state index contributed by atoms with van der Waals surface area (Å²) in [5.41, 5.74) is 2.50. The van der Waals surface area contributed by atoms with E-state index in [1.165, 1.54) is 18.4 Å². The Morgan fingerprint density at radius 2 is 1.61 bits per heavy atom. The first-order chi connectivity index (χ1) is 14.2. The van der Waals surface area contributed by atoms with Crippen LogP contribution in [0, 0.1) is 5.92 Å². The summed E-state index contributed by atoms with van der Waals surface area (Å²) in [6, 6.07) is 17.2. The van der Waals surface area contributed by atoms with Gasteiger partial charge in [0, 0.05) is 32.2 Å². The van der Waals surface area contributed by atoms with Gasteiger partial charge in [-0.25, -0.2) is 0 Å². The molecule has 1 fully saturated rings. The van der Waals surface area contributed by atoms with Crippen LogP contribution in [0.5, 0.6) is 11.5 Å². The van der Waals surface area contributed by atoms with Crippen molar-refractivity contribution in [3.8, 4) is 11.5 Å². The van der Waals surface area contributed by atoms with Crippen LogP contribution in [-0.2, 0) is 6.61 Å². The number of piperazine rings is 1. The Morgan fingerprint density at radius 3 is 2.26 bits per heavy atom. The molecular weight excluding hydrogens is 431 g/mol. The third-order valence-electron chi connectivity index (χ3n) is 5.50. The number of nitrogens with zero attached hydrogens (tertiary/aromatic N) is 1. The molecule has 0 bridgehead atoms. The zero-order valence-corrected chi connectivity index (χ0v) is 20.6. The molecule has 174 valence electrons. The van der Waals surface area contributed by atoms with Crippen molar-refractivity contribution < 1.29 is 9.47 Å². The van der Waals surface area contributed by atoms with Gasteiger partial charge in [-0.3, -0.25) is 4.90 Å². The summed E-state index contributed by atoms with van der Waals surface area (Å²) >= 11 is 0. The molecule has 2 aromatic carbocycles. The first-order valence-electron chi connectivity index (χ1n) is 11.1. The molecular formula is C25H38Cl2N2O2. The highest BCUT2D eigenvalue weighted by Gasteiger charge is 2.23. The molecule has 6 heteroatoms. The van der Waals surface area contributed by atoms with Crippen molar-refractivity contribution >= 4 is 24.8 Å². The molecule has 1 aliphatic heterocycles. The molecule has 0 aromatic heterocycles. The van der Waals surface area contributed by atoms with Crippen LogP contribution < -0.4 is 14.8 Å². The second kappa shape index (κ2) is 14.6. The number of ether oxygens (including phenoxy) is 2. The Balaban J connectivity index is 0.00000240. The van der Waals surface area contributed by atoms with Crippen LogP contribution in [0.4, 0.5) is 0 Å². The molecule has 1 heterocycles. The molecule has 0 spiro atoms. The molecule has 2 aromatic rings. The van der Waals surface area contributed by atoms with Crippen LogP contribution in [0.2, 0.25) is 0 Å². The minimum atomic E-state index is 0. The summed E-state index contributed by atoms with van der Waals surface area (Å²) in [6.07, 6.45) is 2.40. The number of benzene rings is 2. The maximum absolute atomic E-state index is 6.11. The van der Waals surface area contributed by atoms with Crippen molar-refractivity contribution in [1.82, 2.24) is 10.2 Å². The molecule has 1 N–H and O–H groups in total. The number of halogens is 2. The van der Waals surface area contributed by atoms with Crippen molar-refractivity contribution in [1.29, 1.82) is 0 Å². The van der Waals surface area contributed by atoms with E-state index >= 15 is 0 Å². The summed E-state index contributed by atoms with van der Waals surface area (Å²) in [6.45, 7) is 12.1. The molecule has 31 heavy (non-hydrogen) atoms. The quantitative estimate of drug-likeness (QED) is 0.471. The van der Waals surface area contributed by atoms with E-state index in [0.717, 1.165) is 43.2 Å². The largest absolute Gasteiger partial charge is 0.490 e. The monoisotopic (exact) mass is 468 g/mol. The van der Waals surface area contributed by atoms with Crippen molar-refractivity contribution in [2.75, 3.05) is 32.8 Å². The van der Waals surface area contributed by atoms with E-state index in [4.69, 9.17) is 9.47 Å². The Bertz CT molecular complexity index is 738. The van der Waals surface area contributed by atoms with E-state index in [9.17, 15) is 0 Å². The van der Waals surface area contributed by atoms with Crippen molar-refractivity contribution in [3.05, 3.63) is 59.7 Å². The fourth-order valence-corrected chi connectivity index (χ4v) is 3.90. The second-order valence-electron chi connectivity index (χ2n) is 8.19. The highest BCUT2D eigenvalue weighted by Crippen LogP contribution is 2.35. The lowest BCUT2D eigenvalue weighted by molar-refractivity contribution is 0.159. The minimum Gasteiger partial charge on any atom is -0.490 e. The molecule has 1 aliphatic rings. The van der Waals surface area contributed by atoms with Gasteiger partial charge < -0.3 is 14.8 Å². The van der Waals surface area contributed by atoms with Gasteiger partial charge in [-0.15, -0.1) is 24.8 Å². The maximum Gasteiger partial charge on any atom is 0.161 e. The molecule has 0 saturated carbocycles. The average molecular weight is 469 g/mol. The molecule has 0 aliphatic carbocycles. The Hall–Kier alpha value is -1.46. The molecule has 1 saturated heterocycles. The van der Waals surface area contributed by atoms with Gasteiger partial charge in [0.05, 0.1) is 6.61 Å². The lowest BCUT2D eigenvalue weighted by Crippen LogP contribution is -2.45. The molecule has 1 atom stereocenters. The van der Waals surface area contributed by atoms with Crippen LogP contribution in [0.15, 0.2) is 48.5 Å². The summed E-state index contributed by atoms with van der Waals surface area (Å²) in [7, 11) is 0. The molecule has 0 unspecified atom stereocenters.